The van der Waals surface area contributed by atoms with Crippen molar-refractivity contribution >= 4 is 12.3 Å². The minimum absolute atomic E-state index is 0.471. The van der Waals surface area contributed by atoms with Gasteiger partial charge in [0.15, 0.2) is 0 Å². The summed E-state index contributed by atoms with van der Waals surface area (Å²) in [5, 5.41) is 4.08. The fraction of sp³-hybridized carbons (Fsp3) is 0.318. The van der Waals surface area contributed by atoms with Gasteiger partial charge in [0.25, 0.3) is 0 Å². The lowest BCUT2D eigenvalue weighted by atomic mass is 9.84. The highest BCUT2D eigenvalue weighted by molar-refractivity contribution is 5.79. The molecule has 0 aliphatic heterocycles. The van der Waals surface area contributed by atoms with Gasteiger partial charge in [-0.15, -0.1) is 0 Å². The van der Waals surface area contributed by atoms with Crippen molar-refractivity contribution in [1.29, 1.82) is 0 Å². The average Bonchev–Trinajstić information content (AvgIpc) is 2.67. The fourth-order valence-electron chi connectivity index (χ4n) is 3.31. The van der Waals surface area contributed by atoms with Crippen LogP contribution >= 0.6 is 0 Å². The summed E-state index contributed by atoms with van der Waals surface area (Å²) in [5.41, 5.74) is 4.74. The third-order valence-corrected chi connectivity index (χ3v) is 4.71. The van der Waals surface area contributed by atoms with E-state index in [-0.39, 0.29) is 0 Å². The molecule has 0 N–H and O–H groups in total. The molecular weight excluding hydrogens is 294 g/mol. The summed E-state index contributed by atoms with van der Waals surface area (Å²) in [6.45, 7) is 4.25. The van der Waals surface area contributed by atoms with Gasteiger partial charge in [0.1, 0.15) is 6.61 Å². The molecule has 0 aromatic heterocycles. The maximum atomic E-state index is 5.40. The lowest BCUT2D eigenvalue weighted by Gasteiger charge is -2.21. The van der Waals surface area contributed by atoms with Crippen LogP contribution in [-0.2, 0) is 11.4 Å². The van der Waals surface area contributed by atoms with Gasteiger partial charge >= 0.3 is 0 Å². The summed E-state index contributed by atoms with van der Waals surface area (Å²) in [6, 6.07) is 16.9. The molecule has 124 valence electrons. The monoisotopic (exact) mass is 319 g/mol. The third kappa shape index (κ3) is 4.58. The molecule has 0 radical (unpaired) electrons. The Hall–Kier alpha value is -2.35. The topological polar surface area (TPSA) is 21.6 Å². The standard InChI is InChI=1S/C22H25NO/c1-2-18-7-6-8-20(15-18)17-24-23-16-19-11-13-22(14-12-19)21-9-4-3-5-10-21/h2,6-8,11-16,21H,1,3-5,9-10,17H2. The minimum Gasteiger partial charge on any atom is -0.391 e. The molecule has 24 heavy (non-hydrogen) atoms. The maximum absolute atomic E-state index is 5.40. The maximum Gasteiger partial charge on any atom is 0.142 e. The van der Waals surface area contributed by atoms with Crippen LogP contribution in [0.25, 0.3) is 6.08 Å². The number of rotatable bonds is 6. The summed E-state index contributed by atoms with van der Waals surface area (Å²) in [7, 11) is 0. The normalized spacial score (nSPS) is 15.5. The number of nitrogens with zero attached hydrogens (tertiary/aromatic N) is 1. The Morgan fingerprint density at radius 1 is 1.00 bits per heavy atom. The average molecular weight is 319 g/mol. The van der Waals surface area contributed by atoms with Crippen LogP contribution < -0.4 is 0 Å². The number of benzene rings is 2. The molecule has 1 aliphatic rings. The molecule has 2 nitrogen and oxygen atoms in total. The molecule has 1 aliphatic carbocycles. The first-order valence-electron chi connectivity index (χ1n) is 8.82. The molecule has 0 saturated heterocycles. The zero-order valence-corrected chi connectivity index (χ0v) is 14.2. The zero-order chi connectivity index (χ0) is 16.6. The molecule has 1 fully saturated rings. The van der Waals surface area contributed by atoms with Gasteiger partial charge in [0.05, 0.1) is 6.21 Å². The first-order valence-corrected chi connectivity index (χ1v) is 8.82. The van der Waals surface area contributed by atoms with Gasteiger partial charge in [-0.3, -0.25) is 0 Å². The molecule has 0 atom stereocenters. The second-order valence-electron chi connectivity index (χ2n) is 6.46. The van der Waals surface area contributed by atoms with E-state index in [0.717, 1.165) is 22.6 Å². The molecule has 0 amide bonds. The van der Waals surface area contributed by atoms with Crippen molar-refractivity contribution in [2.24, 2.45) is 5.16 Å². The van der Waals surface area contributed by atoms with Crippen LogP contribution in [0, 0.1) is 0 Å². The first kappa shape index (κ1) is 16.5. The van der Waals surface area contributed by atoms with Crippen molar-refractivity contribution in [3.8, 4) is 0 Å². The Kier molecular flexibility index (Phi) is 5.84. The molecule has 0 spiro atoms. The van der Waals surface area contributed by atoms with E-state index < -0.39 is 0 Å². The summed E-state index contributed by atoms with van der Waals surface area (Å²) >= 11 is 0. The van der Waals surface area contributed by atoms with Gasteiger partial charge in [-0.05, 0) is 47.1 Å². The molecule has 0 heterocycles. The van der Waals surface area contributed by atoms with Crippen LogP contribution in [0.4, 0.5) is 0 Å². The Bertz CT molecular complexity index is 681. The number of hydrogen-bond acceptors (Lipinski definition) is 2. The second-order valence-corrected chi connectivity index (χ2v) is 6.46. The highest BCUT2D eigenvalue weighted by Crippen LogP contribution is 2.32. The molecule has 3 rings (SSSR count). The summed E-state index contributed by atoms with van der Waals surface area (Å²) in [5.74, 6) is 0.748. The van der Waals surface area contributed by atoms with Gasteiger partial charge in [0.2, 0.25) is 0 Å². The van der Waals surface area contributed by atoms with Crippen molar-refractivity contribution in [3.05, 3.63) is 77.4 Å². The Balaban J connectivity index is 1.51. The second kappa shape index (κ2) is 8.49. The van der Waals surface area contributed by atoms with Crippen LogP contribution in [-0.4, -0.2) is 6.21 Å². The van der Waals surface area contributed by atoms with E-state index in [1.807, 2.05) is 24.3 Å². The number of hydrogen-bond donors (Lipinski definition) is 0. The third-order valence-electron chi connectivity index (χ3n) is 4.71. The molecule has 2 aromatic rings. The van der Waals surface area contributed by atoms with Gasteiger partial charge in [-0.2, -0.15) is 0 Å². The zero-order valence-electron chi connectivity index (χ0n) is 14.2. The molecule has 2 heteroatoms. The Morgan fingerprint density at radius 3 is 2.54 bits per heavy atom. The minimum atomic E-state index is 0.471. The summed E-state index contributed by atoms with van der Waals surface area (Å²) in [4.78, 5) is 5.40. The quantitative estimate of drug-likeness (QED) is 0.478. The van der Waals surface area contributed by atoms with Gasteiger partial charge in [-0.25, -0.2) is 0 Å². The van der Waals surface area contributed by atoms with Crippen LogP contribution in [0.5, 0.6) is 0 Å². The van der Waals surface area contributed by atoms with Crippen LogP contribution in [0.2, 0.25) is 0 Å². The SMILES string of the molecule is C=Cc1cccc(CON=Cc2ccc(C3CCCCC3)cc2)c1. The van der Waals surface area contributed by atoms with Gasteiger partial charge in [0, 0.05) is 0 Å². The smallest absolute Gasteiger partial charge is 0.142 e. The van der Waals surface area contributed by atoms with Crippen molar-refractivity contribution in [1.82, 2.24) is 0 Å². The van der Waals surface area contributed by atoms with Gasteiger partial charge in [-0.1, -0.05) is 79.5 Å². The largest absolute Gasteiger partial charge is 0.391 e. The van der Waals surface area contributed by atoms with Crippen LogP contribution in [0.15, 0.2) is 60.3 Å². The fourth-order valence-corrected chi connectivity index (χ4v) is 3.31. The molecule has 1 saturated carbocycles. The predicted octanol–water partition coefficient (Wildman–Crippen LogP) is 5.93. The van der Waals surface area contributed by atoms with Crippen molar-refractivity contribution in [3.63, 3.8) is 0 Å². The summed E-state index contributed by atoms with van der Waals surface area (Å²) in [6.07, 6.45) is 10.4. The van der Waals surface area contributed by atoms with E-state index in [9.17, 15) is 0 Å². The highest BCUT2D eigenvalue weighted by Gasteiger charge is 2.14. The predicted molar refractivity (Wildman–Crippen MR) is 101 cm³/mol. The van der Waals surface area contributed by atoms with E-state index >= 15 is 0 Å². The van der Waals surface area contributed by atoms with E-state index in [1.54, 1.807) is 6.21 Å². The summed E-state index contributed by atoms with van der Waals surface area (Å²) < 4.78 is 0. The Labute approximate surface area is 144 Å². The van der Waals surface area contributed by atoms with E-state index in [0.29, 0.717) is 6.61 Å². The molecule has 0 bridgehead atoms. The lowest BCUT2D eigenvalue weighted by molar-refractivity contribution is 0.132. The highest BCUT2D eigenvalue weighted by atomic mass is 16.6. The molecule has 2 aromatic carbocycles. The lowest BCUT2D eigenvalue weighted by Crippen LogP contribution is -2.04. The van der Waals surface area contributed by atoms with Crippen molar-refractivity contribution in [2.75, 3.05) is 0 Å². The molecular formula is C22H25NO. The van der Waals surface area contributed by atoms with Crippen molar-refractivity contribution in [2.45, 2.75) is 44.6 Å². The van der Waals surface area contributed by atoms with Crippen LogP contribution in [0.1, 0.15) is 60.3 Å². The van der Waals surface area contributed by atoms with Crippen LogP contribution in [0.3, 0.4) is 0 Å². The number of oxime groups is 1. The van der Waals surface area contributed by atoms with E-state index in [1.165, 1.54) is 37.7 Å². The van der Waals surface area contributed by atoms with E-state index in [2.05, 4.69) is 42.1 Å². The molecule has 0 unspecified atom stereocenters. The van der Waals surface area contributed by atoms with E-state index in [4.69, 9.17) is 4.84 Å². The Morgan fingerprint density at radius 2 is 1.79 bits per heavy atom. The van der Waals surface area contributed by atoms with Crippen molar-refractivity contribution < 1.29 is 4.84 Å². The van der Waals surface area contributed by atoms with Gasteiger partial charge < -0.3 is 4.84 Å². The first-order chi connectivity index (χ1) is 11.8.